The van der Waals surface area contributed by atoms with Crippen molar-refractivity contribution in [2.75, 3.05) is 0 Å². The summed E-state index contributed by atoms with van der Waals surface area (Å²) in [4.78, 5) is 24.0. The zero-order chi connectivity index (χ0) is 20.6. The van der Waals surface area contributed by atoms with Crippen LogP contribution in [0.5, 0.6) is 11.5 Å². The van der Waals surface area contributed by atoms with Crippen LogP contribution in [-0.4, -0.2) is 23.2 Å². The Balaban J connectivity index is 1.64. The highest BCUT2D eigenvalue weighted by Gasteiger charge is 2.09. The van der Waals surface area contributed by atoms with Crippen LogP contribution in [0.3, 0.4) is 0 Å². The van der Waals surface area contributed by atoms with E-state index in [2.05, 4.69) is 26.5 Å². The third kappa shape index (κ3) is 5.91. The fraction of sp³-hybridized carbons (Fsp3) is 0. The molecule has 0 fully saturated rings. The molecule has 29 heavy (non-hydrogen) atoms. The number of halogens is 1. The highest BCUT2D eigenvalue weighted by atomic mass is 79.9. The van der Waals surface area contributed by atoms with Crippen LogP contribution < -0.4 is 10.2 Å². The van der Waals surface area contributed by atoms with E-state index in [0.29, 0.717) is 21.5 Å². The average Bonchev–Trinajstić information content (AvgIpc) is 3.20. The quantitative estimate of drug-likeness (QED) is 0.191. The number of aromatic hydroxyl groups is 1. The van der Waals surface area contributed by atoms with Crippen molar-refractivity contribution in [2.45, 2.75) is 0 Å². The van der Waals surface area contributed by atoms with Crippen molar-refractivity contribution in [3.05, 3.63) is 88.3 Å². The van der Waals surface area contributed by atoms with Gasteiger partial charge in [-0.1, -0.05) is 28.1 Å². The third-order valence-corrected chi connectivity index (χ3v) is 4.03. The average molecular weight is 455 g/mol. The van der Waals surface area contributed by atoms with Crippen LogP contribution >= 0.6 is 15.9 Å². The number of amides is 1. The van der Waals surface area contributed by atoms with E-state index < -0.39 is 11.9 Å². The van der Waals surface area contributed by atoms with Crippen LogP contribution in [0.4, 0.5) is 0 Å². The number of phenolic OH excluding ortho intramolecular Hbond substituents is 1. The Bertz CT molecular complexity index is 1070. The number of para-hydroxylation sites is 1. The molecule has 0 radical (unpaired) electrons. The zero-order valence-corrected chi connectivity index (χ0v) is 16.5. The standard InChI is InChI=1S/C21H15BrN2O5/c22-15-10-14(13-23-24-21(27)18-5-1-2-6-19(18)25)11-17(12-15)29-20(26)8-7-16-4-3-9-28-16/h1-13,25H,(H,24,27)/b8-7+,23-13?. The van der Waals surface area contributed by atoms with Crippen LogP contribution in [0, 0.1) is 0 Å². The van der Waals surface area contributed by atoms with E-state index in [9.17, 15) is 14.7 Å². The monoisotopic (exact) mass is 454 g/mol. The highest BCUT2D eigenvalue weighted by molar-refractivity contribution is 9.10. The summed E-state index contributed by atoms with van der Waals surface area (Å²) in [7, 11) is 0. The number of ether oxygens (including phenoxy) is 1. The van der Waals surface area contributed by atoms with Crippen molar-refractivity contribution in [3.63, 3.8) is 0 Å². The number of carbonyl (C=O) groups is 2. The predicted molar refractivity (Wildman–Crippen MR) is 111 cm³/mol. The summed E-state index contributed by atoms with van der Waals surface area (Å²) in [5.74, 6) is -0.440. The van der Waals surface area contributed by atoms with E-state index in [1.54, 1.807) is 42.5 Å². The SMILES string of the molecule is O=C(/C=C/c1ccco1)Oc1cc(Br)cc(C=NNC(=O)c2ccccc2O)c1. The van der Waals surface area contributed by atoms with Gasteiger partial charge < -0.3 is 14.3 Å². The van der Waals surface area contributed by atoms with Crippen molar-refractivity contribution in [1.29, 1.82) is 0 Å². The molecule has 1 amide bonds. The number of esters is 1. The van der Waals surface area contributed by atoms with Gasteiger partial charge in [0.05, 0.1) is 18.0 Å². The number of nitrogens with one attached hydrogen (secondary N) is 1. The molecule has 0 aliphatic carbocycles. The predicted octanol–water partition coefficient (Wildman–Crippen LogP) is 4.13. The molecule has 1 aromatic heterocycles. The first-order chi connectivity index (χ1) is 14.0. The fourth-order valence-electron chi connectivity index (χ4n) is 2.30. The number of nitrogens with zero attached hydrogens (tertiary/aromatic N) is 1. The first-order valence-corrected chi connectivity index (χ1v) is 9.16. The van der Waals surface area contributed by atoms with E-state index in [0.717, 1.165) is 0 Å². The fourth-order valence-corrected chi connectivity index (χ4v) is 2.79. The van der Waals surface area contributed by atoms with Crippen LogP contribution in [0.15, 0.2) is 80.9 Å². The second kappa shape index (κ2) is 9.52. The van der Waals surface area contributed by atoms with Crippen molar-refractivity contribution in [2.24, 2.45) is 5.10 Å². The molecule has 0 saturated carbocycles. The van der Waals surface area contributed by atoms with Crippen LogP contribution in [0.25, 0.3) is 6.08 Å². The lowest BCUT2D eigenvalue weighted by Gasteiger charge is -2.04. The molecule has 2 aromatic carbocycles. The van der Waals surface area contributed by atoms with Crippen LogP contribution in [0.1, 0.15) is 21.7 Å². The van der Waals surface area contributed by atoms with Gasteiger partial charge in [-0.25, -0.2) is 10.2 Å². The van der Waals surface area contributed by atoms with Crippen LogP contribution in [0.2, 0.25) is 0 Å². The number of hydrazone groups is 1. The van der Waals surface area contributed by atoms with E-state index in [1.165, 1.54) is 36.8 Å². The second-order valence-electron chi connectivity index (χ2n) is 5.71. The molecule has 0 bridgehead atoms. The molecule has 1 heterocycles. The van der Waals surface area contributed by atoms with Gasteiger partial charge in [-0.05, 0) is 54.1 Å². The molecule has 0 aliphatic heterocycles. The minimum Gasteiger partial charge on any atom is -0.507 e. The van der Waals surface area contributed by atoms with Gasteiger partial charge >= 0.3 is 5.97 Å². The molecule has 2 N–H and O–H groups in total. The summed E-state index contributed by atoms with van der Waals surface area (Å²) < 4.78 is 11.0. The first-order valence-electron chi connectivity index (χ1n) is 8.36. The van der Waals surface area contributed by atoms with Gasteiger partial charge in [0.15, 0.2) is 0 Å². The third-order valence-electron chi connectivity index (χ3n) is 3.57. The van der Waals surface area contributed by atoms with Gasteiger partial charge in [-0.15, -0.1) is 0 Å². The van der Waals surface area contributed by atoms with Crippen molar-refractivity contribution >= 4 is 40.1 Å². The maximum absolute atomic E-state index is 12.0. The Hall–Kier alpha value is -3.65. The number of carbonyl (C=O) groups excluding carboxylic acids is 2. The van der Waals surface area contributed by atoms with E-state index in [4.69, 9.17) is 9.15 Å². The second-order valence-corrected chi connectivity index (χ2v) is 6.62. The van der Waals surface area contributed by atoms with Gasteiger partial charge in [0, 0.05) is 10.5 Å². The molecule has 7 nitrogen and oxygen atoms in total. The summed E-state index contributed by atoms with van der Waals surface area (Å²) in [6, 6.07) is 14.5. The first kappa shape index (κ1) is 20.1. The number of hydrogen-bond donors (Lipinski definition) is 2. The van der Waals surface area contributed by atoms with Crippen LogP contribution in [-0.2, 0) is 4.79 Å². The summed E-state index contributed by atoms with van der Waals surface area (Å²) in [5, 5.41) is 13.5. The molecule has 146 valence electrons. The normalized spacial score (nSPS) is 11.1. The minimum absolute atomic E-state index is 0.108. The maximum atomic E-state index is 12.0. The van der Waals surface area contributed by atoms with E-state index >= 15 is 0 Å². The van der Waals surface area contributed by atoms with Gasteiger partial charge in [-0.3, -0.25) is 4.79 Å². The van der Waals surface area contributed by atoms with Crippen molar-refractivity contribution < 1.29 is 23.8 Å². The summed E-state index contributed by atoms with van der Waals surface area (Å²) >= 11 is 3.33. The summed E-state index contributed by atoms with van der Waals surface area (Å²) in [6.07, 6.45) is 5.64. The number of furan rings is 1. The maximum Gasteiger partial charge on any atom is 0.336 e. The molecule has 3 rings (SSSR count). The lowest BCUT2D eigenvalue weighted by Crippen LogP contribution is -2.17. The van der Waals surface area contributed by atoms with Crippen molar-refractivity contribution in [3.8, 4) is 11.5 Å². The number of benzene rings is 2. The molecule has 0 aliphatic rings. The van der Waals surface area contributed by atoms with Gasteiger partial charge in [0.1, 0.15) is 17.3 Å². The smallest absolute Gasteiger partial charge is 0.336 e. The van der Waals surface area contributed by atoms with Gasteiger partial charge in [0.2, 0.25) is 0 Å². The molecule has 0 unspecified atom stereocenters. The van der Waals surface area contributed by atoms with E-state index in [1.807, 2.05) is 0 Å². The lowest BCUT2D eigenvalue weighted by atomic mass is 10.2. The molecule has 0 atom stereocenters. The minimum atomic E-state index is -0.574. The Morgan fingerprint density at radius 1 is 1.14 bits per heavy atom. The molecule has 0 spiro atoms. The molecular formula is C21H15BrN2O5. The topological polar surface area (TPSA) is 101 Å². The Morgan fingerprint density at radius 2 is 1.97 bits per heavy atom. The Morgan fingerprint density at radius 3 is 2.72 bits per heavy atom. The number of phenols is 1. The van der Waals surface area contributed by atoms with E-state index in [-0.39, 0.29) is 11.3 Å². The van der Waals surface area contributed by atoms with Gasteiger partial charge in [-0.2, -0.15) is 5.10 Å². The Kier molecular flexibility index (Phi) is 6.59. The zero-order valence-electron chi connectivity index (χ0n) is 14.9. The highest BCUT2D eigenvalue weighted by Crippen LogP contribution is 2.21. The summed E-state index contributed by atoms with van der Waals surface area (Å²) in [5.41, 5.74) is 3.02. The Labute approximate surface area is 174 Å². The largest absolute Gasteiger partial charge is 0.507 e. The molecule has 8 heteroatoms. The summed E-state index contributed by atoms with van der Waals surface area (Å²) in [6.45, 7) is 0. The molecule has 0 saturated heterocycles. The molecular weight excluding hydrogens is 440 g/mol. The van der Waals surface area contributed by atoms with Crippen molar-refractivity contribution in [1.82, 2.24) is 5.43 Å². The molecule has 3 aromatic rings. The number of rotatable bonds is 6. The van der Waals surface area contributed by atoms with Gasteiger partial charge in [0.25, 0.3) is 5.91 Å². The lowest BCUT2D eigenvalue weighted by molar-refractivity contribution is -0.128. The number of hydrogen-bond acceptors (Lipinski definition) is 6.